The molecule has 0 unspecified atom stereocenters. The Hall–Kier alpha value is -4.27. The minimum absolute atomic E-state index is 0.00431. The third-order valence-corrected chi connectivity index (χ3v) is 8.64. The number of ether oxygens (including phenoxy) is 1. The summed E-state index contributed by atoms with van der Waals surface area (Å²) in [5.74, 6) is -4.91. The molecular weight excluding hydrogens is 778 g/mol. The molecule has 7 nitrogen and oxygen atoms in total. The number of rotatable bonds is 9. The molecule has 1 fully saturated rings. The summed E-state index contributed by atoms with van der Waals surface area (Å²) in [6, 6.07) is 1.15. The Kier molecular flexibility index (Phi) is 12.6. The summed E-state index contributed by atoms with van der Waals surface area (Å²) in [5, 5.41) is 4.76. The quantitative estimate of drug-likeness (QED) is 0.222. The first kappa shape index (κ1) is 45.1. The van der Waals surface area contributed by atoms with Crippen LogP contribution < -0.4 is 16.4 Å². The molecule has 4 rings (SSSR count). The van der Waals surface area contributed by atoms with Crippen LogP contribution in [0.15, 0.2) is 53.0 Å². The van der Waals surface area contributed by atoms with Crippen LogP contribution in [-0.2, 0) is 50.1 Å². The zero-order chi connectivity index (χ0) is 42.3. The molecule has 55 heavy (non-hydrogen) atoms. The van der Waals surface area contributed by atoms with Crippen LogP contribution in [0.1, 0.15) is 73.9 Å². The van der Waals surface area contributed by atoms with E-state index in [1.165, 1.54) is 27.9 Å². The Labute approximate surface area is 304 Å². The summed E-state index contributed by atoms with van der Waals surface area (Å²) in [5.41, 5.74) is -4.65. The van der Waals surface area contributed by atoms with Gasteiger partial charge in [-0.1, -0.05) is 0 Å². The molecule has 0 bridgehead atoms. The minimum Gasteiger partial charge on any atom is -0.380 e. The smallest absolute Gasteiger partial charge is 0.380 e. The molecule has 0 radical (unpaired) electrons. The molecule has 4 N–H and O–H groups in total. The summed E-state index contributed by atoms with van der Waals surface area (Å²) in [6.07, 6.45) is -19.6. The highest BCUT2D eigenvalue weighted by Gasteiger charge is 2.49. The average Bonchev–Trinajstić information content (AvgIpc) is 3.63. The predicted molar refractivity (Wildman–Crippen MR) is 169 cm³/mol. The number of nitrogens with zero attached hydrogens (tertiary/aromatic N) is 1. The number of carbonyl (C=O) groups is 2. The molecule has 1 aliphatic heterocycles. The maximum Gasteiger partial charge on any atom is 0.416 e. The van der Waals surface area contributed by atoms with Gasteiger partial charge in [0.2, 0.25) is 11.8 Å². The molecule has 2 aromatic carbocycles. The van der Waals surface area contributed by atoms with Crippen molar-refractivity contribution < 1.29 is 75.8 Å². The topological polar surface area (TPSA) is 106 Å². The summed E-state index contributed by atoms with van der Waals surface area (Å²) in [7, 11) is 1.31. The maximum atomic E-state index is 13.3. The third-order valence-electron chi connectivity index (χ3n) is 8.64. The number of hydrogen-bond donors (Lipinski definition) is 3. The Morgan fingerprint density at radius 3 is 1.47 bits per heavy atom. The number of alkyl halides is 14. The van der Waals surface area contributed by atoms with E-state index < -0.39 is 93.6 Å². The molecule has 306 valence electrons. The molecule has 21 heteroatoms. The lowest BCUT2D eigenvalue weighted by Crippen LogP contribution is -2.53. The van der Waals surface area contributed by atoms with Gasteiger partial charge in [-0.25, -0.2) is 0 Å². The molecule has 0 spiro atoms. The Morgan fingerprint density at radius 1 is 0.727 bits per heavy atom. The van der Waals surface area contributed by atoms with Crippen LogP contribution in [-0.4, -0.2) is 49.2 Å². The molecular formula is C34H34F14N4O3. The van der Waals surface area contributed by atoms with E-state index in [0.29, 0.717) is 31.2 Å². The molecule has 1 saturated carbocycles. The number of nitrogens with one attached hydrogen (secondary N) is 2. The van der Waals surface area contributed by atoms with Gasteiger partial charge >= 0.3 is 24.7 Å². The van der Waals surface area contributed by atoms with E-state index >= 15 is 0 Å². The van der Waals surface area contributed by atoms with Crippen LogP contribution in [0.25, 0.3) is 0 Å². The van der Waals surface area contributed by atoms with Gasteiger partial charge in [-0.2, -0.15) is 61.5 Å². The average molecular weight is 813 g/mol. The third kappa shape index (κ3) is 11.4. The van der Waals surface area contributed by atoms with Gasteiger partial charge in [-0.3, -0.25) is 14.6 Å². The van der Waals surface area contributed by atoms with Crippen molar-refractivity contribution in [3.05, 3.63) is 81.4 Å². The first-order valence-corrected chi connectivity index (χ1v) is 15.9. The number of allylic oxidation sites excluding steroid dienone is 1. The molecule has 2 amide bonds. The summed E-state index contributed by atoms with van der Waals surface area (Å²) in [6.45, 7) is 4.31. The van der Waals surface area contributed by atoms with Crippen molar-refractivity contribution in [3.8, 4) is 0 Å². The molecule has 1 aliphatic carbocycles. The molecule has 2 aromatic rings. The summed E-state index contributed by atoms with van der Waals surface area (Å²) < 4.78 is 188. The van der Waals surface area contributed by atoms with E-state index in [1.54, 1.807) is 0 Å². The standard InChI is InChI=1S/C18H14F8N2O.C16H20F6N2O2/c1-15(19,20)13-4-9(8-27-13)14(29)28-16(2-3-16)10-5-11(17(21,22)23)7-12(6-10)18(24,25)26;1-8(26-4)12(23)13(25)24-14(2,3)9-5-10(15(17,18)19)7-11(6-9)16(20,21)22/h4-7H,2-3,8H2,1H3,(H,28,29);5-8,12H,23H2,1-4H3,(H,24,25)/t;8-,12+/m.0/s1. The van der Waals surface area contributed by atoms with Gasteiger partial charge in [0.25, 0.3) is 5.92 Å². The summed E-state index contributed by atoms with van der Waals surface area (Å²) in [4.78, 5) is 28.0. The largest absolute Gasteiger partial charge is 0.416 e. The first-order valence-electron chi connectivity index (χ1n) is 15.9. The zero-order valence-corrected chi connectivity index (χ0v) is 29.4. The highest BCUT2D eigenvalue weighted by Crippen LogP contribution is 2.49. The van der Waals surface area contributed by atoms with Crippen LogP contribution >= 0.6 is 0 Å². The second-order valence-electron chi connectivity index (χ2n) is 13.5. The number of nitrogens with two attached hydrogens (primary N) is 1. The van der Waals surface area contributed by atoms with Crippen molar-refractivity contribution in [2.75, 3.05) is 13.7 Å². The molecule has 0 saturated heterocycles. The molecule has 1 heterocycles. The Bertz CT molecular complexity index is 1750. The van der Waals surface area contributed by atoms with Gasteiger partial charge in [-0.05, 0) is 87.2 Å². The molecule has 2 aliphatic rings. The van der Waals surface area contributed by atoms with Gasteiger partial charge in [0.15, 0.2) is 0 Å². The zero-order valence-electron chi connectivity index (χ0n) is 29.4. The van der Waals surface area contributed by atoms with Gasteiger partial charge in [-0.15, -0.1) is 0 Å². The highest BCUT2D eigenvalue weighted by atomic mass is 19.4. The number of halogens is 14. The lowest BCUT2D eigenvalue weighted by molar-refractivity contribution is -0.144. The van der Waals surface area contributed by atoms with Crippen LogP contribution in [0.2, 0.25) is 0 Å². The first-order chi connectivity index (χ1) is 24.7. The fourth-order valence-electron chi connectivity index (χ4n) is 5.11. The Morgan fingerprint density at radius 2 is 1.13 bits per heavy atom. The number of amides is 2. The van der Waals surface area contributed by atoms with Crippen LogP contribution in [0.4, 0.5) is 61.5 Å². The SMILES string of the molecule is CC(F)(F)C1=NCC(C(=O)NC2(c3cc(C(F)(F)F)cc(C(F)(F)F)c3)CC2)=C1.CO[C@@H](C)[C@@H](N)C(=O)NC(C)(C)c1cc(C(F)(F)F)cc(C(F)(F)F)c1. The fraction of sp³-hybridized carbons (Fsp3) is 0.500. The van der Waals surface area contributed by atoms with Crippen molar-refractivity contribution in [2.24, 2.45) is 10.7 Å². The van der Waals surface area contributed by atoms with Crippen LogP contribution in [0.5, 0.6) is 0 Å². The van der Waals surface area contributed by atoms with Crippen LogP contribution in [0, 0.1) is 0 Å². The van der Waals surface area contributed by atoms with Gasteiger partial charge in [0.05, 0.1) is 46.0 Å². The second kappa shape index (κ2) is 15.3. The number of aliphatic imine (C=N–C) groups is 1. The lowest BCUT2D eigenvalue weighted by atomic mass is 9.90. The van der Waals surface area contributed by atoms with Crippen molar-refractivity contribution >= 4 is 17.5 Å². The second-order valence-corrected chi connectivity index (χ2v) is 13.5. The van der Waals surface area contributed by atoms with Crippen LogP contribution in [0.3, 0.4) is 0 Å². The van der Waals surface area contributed by atoms with Crippen molar-refractivity contribution in [2.45, 2.75) is 94.4 Å². The predicted octanol–water partition coefficient (Wildman–Crippen LogP) is 8.30. The van der Waals surface area contributed by atoms with Crippen molar-refractivity contribution in [1.29, 1.82) is 0 Å². The molecule has 0 aromatic heterocycles. The van der Waals surface area contributed by atoms with E-state index in [2.05, 4.69) is 15.6 Å². The van der Waals surface area contributed by atoms with E-state index in [0.717, 1.165) is 6.08 Å². The normalized spacial score (nSPS) is 17.3. The minimum atomic E-state index is -5.01. The number of benzene rings is 2. The maximum absolute atomic E-state index is 13.3. The van der Waals surface area contributed by atoms with Gasteiger partial charge < -0.3 is 21.1 Å². The number of carbonyl (C=O) groups excluding carboxylic acids is 2. The van der Waals surface area contributed by atoms with E-state index in [9.17, 15) is 71.1 Å². The molecule has 2 atom stereocenters. The van der Waals surface area contributed by atoms with E-state index in [1.807, 2.05) is 0 Å². The van der Waals surface area contributed by atoms with E-state index in [-0.39, 0.29) is 48.2 Å². The lowest BCUT2D eigenvalue weighted by Gasteiger charge is -2.30. The van der Waals surface area contributed by atoms with E-state index in [4.69, 9.17) is 10.5 Å². The monoisotopic (exact) mass is 812 g/mol. The van der Waals surface area contributed by atoms with Crippen molar-refractivity contribution in [1.82, 2.24) is 10.6 Å². The van der Waals surface area contributed by atoms with Crippen molar-refractivity contribution in [3.63, 3.8) is 0 Å². The summed E-state index contributed by atoms with van der Waals surface area (Å²) >= 11 is 0. The van der Waals surface area contributed by atoms with Gasteiger partial charge in [0.1, 0.15) is 11.8 Å². The fourth-order valence-corrected chi connectivity index (χ4v) is 5.11. The van der Waals surface area contributed by atoms with Gasteiger partial charge in [0, 0.05) is 19.6 Å². The number of methoxy groups -OCH3 is 1. The highest BCUT2D eigenvalue weighted by molar-refractivity contribution is 6.10. The Balaban J connectivity index is 0.000000298. The number of hydrogen-bond acceptors (Lipinski definition) is 5.